The molecular weight excluding hydrogens is 380 g/mol. The van der Waals surface area contributed by atoms with Crippen LogP contribution in [0.2, 0.25) is 0 Å². The van der Waals surface area contributed by atoms with Gasteiger partial charge in [-0.15, -0.1) is 0 Å². The van der Waals surface area contributed by atoms with E-state index < -0.39 is 17.7 Å². The van der Waals surface area contributed by atoms with Crippen LogP contribution in [0.3, 0.4) is 0 Å². The van der Waals surface area contributed by atoms with E-state index in [1.54, 1.807) is 24.1 Å². The third-order valence-electron chi connectivity index (χ3n) is 4.87. The van der Waals surface area contributed by atoms with E-state index in [0.29, 0.717) is 19.6 Å². The van der Waals surface area contributed by atoms with Crippen molar-refractivity contribution in [3.05, 3.63) is 65.2 Å². The summed E-state index contributed by atoms with van der Waals surface area (Å²) in [7, 11) is 1.58. The Hall–Kier alpha value is -3.00. The van der Waals surface area contributed by atoms with Crippen LogP contribution in [-0.2, 0) is 22.7 Å². The van der Waals surface area contributed by atoms with Crippen LogP contribution >= 0.6 is 0 Å². The molecule has 2 N–H and O–H groups in total. The van der Waals surface area contributed by atoms with Crippen LogP contribution in [0, 0.1) is 11.6 Å². The molecule has 154 valence electrons. The van der Waals surface area contributed by atoms with Crippen molar-refractivity contribution in [2.24, 2.45) is 0 Å². The summed E-state index contributed by atoms with van der Waals surface area (Å²) in [6.45, 7) is 1.20. The highest BCUT2D eigenvalue weighted by Crippen LogP contribution is 2.18. The molecule has 2 aromatic rings. The predicted molar refractivity (Wildman–Crippen MR) is 103 cm³/mol. The van der Waals surface area contributed by atoms with Gasteiger partial charge in [-0.25, -0.2) is 8.78 Å². The number of halogens is 2. The Labute approximate surface area is 167 Å². The van der Waals surface area contributed by atoms with E-state index in [1.165, 1.54) is 12.1 Å². The third kappa shape index (κ3) is 5.29. The fraction of sp³-hybridized carbons (Fsp3) is 0.333. The Kier molecular flexibility index (Phi) is 6.77. The summed E-state index contributed by atoms with van der Waals surface area (Å²) in [6, 6.07) is 10.5. The van der Waals surface area contributed by atoms with Crippen LogP contribution < -0.4 is 15.4 Å². The lowest BCUT2D eigenvalue weighted by Crippen LogP contribution is -2.56. The first kappa shape index (κ1) is 20.7. The van der Waals surface area contributed by atoms with Gasteiger partial charge >= 0.3 is 0 Å². The van der Waals surface area contributed by atoms with E-state index in [4.69, 9.17) is 4.74 Å². The minimum Gasteiger partial charge on any atom is -0.497 e. The van der Waals surface area contributed by atoms with Gasteiger partial charge in [0, 0.05) is 31.7 Å². The van der Waals surface area contributed by atoms with Crippen molar-refractivity contribution in [2.75, 3.05) is 20.2 Å². The van der Waals surface area contributed by atoms with Gasteiger partial charge in [0.05, 0.1) is 19.6 Å². The molecule has 1 aliphatic heterocycles. The number of piperazine rings is 1. The number of benzene rings is 2. The SMILES string of the molecule is COc1ccc(CNC(=O)C[C@H]2C(=O)NCCN2Cc2cccc(F)c2F)cc1. The normalized spacial score (nSPS) is 16.9. The zero-order chi connectivity index (χ0) is 20.8. The molecule has 6 nitrogen and oxygen atoms in total. The molecule has 3 rings (SSSR count). The van der Waals surface area contributed by atoms with Crippen molar-refractivity contribution in [1.29, 1.82) is 0 Å². The first-order chi connectivity index (χ1) is 14.0. The molecular formula is C21H23F2N3O3. The van der Waals surface area contributed by atoms with Gasteiger partial charge < -0.3 is 15.4 Å². The molecule has 1 fully saturated rings. The lowest BCUT2D eigenvalue weighted by atomic mass is 10.1. The zero-order valence-electron chi connectivity index (χ0n) is 16.1. The van der Waals surface area contributed by atoms with E-state index in [9.17, 15) is 18.4 Å². The molecule has 8 heteroatoms. The maximum atomic E-state index is 14.0. The molecule has 2 amide bonds. The second-order valence-corrected chi connectivity index (χ2v) is 6.82. The second-order valence-electron chi connectivity index (χ2n) is 6.82. The van der Waals surface area contributed by atoms with Crippen molar-refractivity contribution >= 4 is 11.8 Å². The fourth-order valence-electron chi connectivity index (χ4n) is 3.25. The summed E-state index contributed by atoms with van der Waals surface area (Å²) < 4.78 is 32.6. The van der Waals surface area contributed by atoms with Gasteiger partial charge in [0.25, 0.3) is 0 Å². The first-order valence-corrected chi connectivity index (χ1v) is 9.32. The summed E-state index contributed by atoms with van der Waals surface area (Å²) in [4.78, 5) is 26.4. The summed E-state index contributed by atoms with van der Waals surface area (Å²) in [5.74, 6) is -1.74. The molecule has 1 aliphatic rings. The molecule has 2 aromatic carbocycles. The van der Waals surface area contributed by atoms with Crippen molar-refractivity contribution in [3.63, 3.8) is 0 Å². The summed E-state index contributed by atoms with van der Waals surface area (Å²) >= 11 is 0. The number of carbonyl (C=O) groups excluding carboxylic acids is 2. The lowest BCUT2D eigenvalue weighted by Gasteiger charge is -2.34. The van der Waals surface area contributed by atoms with Crippen LogP contribution in [0.1, 0.15) is 17.5 Å². The Balaban J connectivity index is 1.61. The standard InChI is InChI=1S/C21H23F2N3O3/c1-29-16-7-5-14(6-8-16)12-25-19(27)11-18-21(28)24-9-10-26(18)13-15-3-2-4-17(22)20(15)23/h2-8,18H,9-13H2,1H3,(H,24,28)(H,25,27)/t18-/m0/s1. The van der Waals surface area contributed by atoms with E-state index in [1.807, 2.05) is 12.1 Å². The summed E-state index contributed by atoms with van der Waals surface area (Å²) in [5.41, 5.74) is 1.05. The van der Waals surface area contributed by atoms with Crippen molar-refractivity contribution in [1.82, 2.24) is 15.5 Å². The predicted octanol–water partition coefficient (Wildman–Crippen LogP) is 1.98. The minimum absolute atomic E-state index is 0.0490. The summed E-state index contributed by atoms with van der Waals surface area (Å²) in [6.07, 6.45) is -0.0705. The van der Waals surface area contributed by atoms with Crippen molar-refractivity contribution in [3.8, 4) is 5.75 Å². The molecule has 29 heavy (non-hydrogen) atoms. The van der Waals surface area contributed by atoms with Gasteiger partial charge in [0.15, 0.2) is 11.6 Å². The molecule has 0 saturated carbocycles. The third-order valence-corrected chi connectivity index (χ3v) is 4.87. The number of carbonyl (C=O) groups is 2. The second kappa shape index (κ2) is 9.47. The number of methoxy groups -OCH3 is 1. The number of hydrogen-bond donors (Lipinski definition) is 2. The number of nitrogens with zero attached hydrogens (tertiary/aromatic N) is 1. The van der Waals surface area contributed by atoms with Gasteiger partial charge in [-0.2, -0.15) is 0 Å². The number of rotatable bonds is 7. The van der Waals surface area contributed by atoms with Crippen molar-refractivity contribution < 1.29 is 23.1 Å². The van der Waals surface area contributed by atoms with Crippen LogP contribution in [0.4, 0.5) is 8.78 Å². The van der Waals surface area contributed by atoms with Gasteiger partial charge in [0.1, 0.15) is 5.75 Å². The van der Waals surface area contributed by atoms with Crippen LogP contribution in [0.5, 0.6) is 5.75 Å². The Morgan fingerprint density at radius 3 is 2.72 bits per heavy atom. The lowest BCUT2D eigenvalue weighted by molar-refractivity contribution is -0.134. The van der Waals surface area contributed by atoms with E-state index in [2.05, 4.69) is 10.6 Å². The van der Waals surface area contributed by atoms with Crippen LogP contribution in [0.25, 0.3) is 0 Å². The van der Waals surface area contributed by atoms with E-state index >= 15 is 0 Å². The maximum Gasteiger partial charge on any atom is 0.237 e. The molecule has 0 aromatic heterocycles. The molecule has 0 bridgehead atoms. The average molecular weight is 403 g/mol. The topological polar surface area (TPSA) is 70.7 Å². The van der Waals surface area contributed by atoms with Crippen molar-refractivity contribution in [2.45, 2.75) is 25.6 Å². The van der Waals surface area contributed by atoms with Crippen LogP contribution in [0.15, 0.2) is 42.5 Å². The number of ether oxygens (including phenoxy) is 1. The van der Waals surface area contributed by atoms with Gasteiger partial charge in [-0.05, 0) is 23.8 Å². The van der Waals surface area contributed by atoms with Gasteiger partial charge in [-0.1, -0.05) is 24.3 Å². The van der Waals surface area contributed by atoms with E-state index in [0.717, 1.165) is 17.4 Å². The number of nitrogens with one attached hydrogen (secondary N) is 2. The molecule has 0 radical (unpaired) electrons. The number of hydrogen-bond acceptors (Lipinski definition) is 4. The molecule has 1 atom stereocenters. The molecule has 1 heterocycles. The highest BCUT2D eigenvalue weighted by molar-refractivity contribution is 5.88. The molecule has 1 saturated heterocycles. The Bertz CT molecular complexity index is 874. The largest absolute Gasteiger partial charge is 0.497 e. The van der Waals surface area contributed by atoms with Gasteiger partial charge in [-0.3, -0.25) is 14.5 Å². The Morgan fingerprint density at radius 1 is 1.24 bits per heavy atom. The average Bonchev–Trinajstić information content (AvgIpc) is 2.72. The van der Waals surface area contributed by atoms with Crippen LogP contribution in [-0.4, -0.2) is 43.0 Å². The fourth-order valence-corrected chi connectivity index (χ4v) is 3.25. The molecule has 0 unspecified atom stereocenters. The Morgan fingerprint density at radius 2 is 2.00 bits per heavy atom. The zero-order valence-corrected chi connectivity index (χ0v) is 16.1. The molecule has 0 aliphatic carbocycles. The maximum absolute atomic E-state index is 14.0. The quantitative estimate of drug-likeness (QED) is 0.742. The summed E-state index contributed by atoms with van der Waals surface area (Å²) in [5, 5.41) is 5.51. The number of amides is 2. The monoisotopic (exact) mass is 403 g/mol. The molecule has 0 spiro atoms. The highest BCUT2D eigenvalue weighted by atomic mass is 19.2. The first-order valence-electron chi connectivity index (χ1n) is 9.32. The highest BCUT2D eigenvalue weighted by Gasteiger charge is 2.32. The minimum atomic E-state index is -0.933. The van der Waals surface area contributed by atoms with Gasteiger partial charge in [0.2, 0.25) is 11.8 Å². The van der Waals surface area contributed by atoms with E-state index in [-0.39, 0.29) is 30.3 Å². The smallest absolute Gasteiger partial charge is 0.237 e.